The average molecular weight is 295 g/mol. The van der Waals surface area contributed by atoms with Crippen molar-refractivity contribution in [3.8, 4) is 0 Å². The van der Waals surface area contributed by atoms with Crippen LogP contribution in [-0.2, 0) is 0 Å². The third-order valence-corrected chi connectivity index (χ3v) is 7.29. The summed E-state index contributed by atoms with van der Waals surface area (Å²) in [5.41, 5.74) is 0.0928. The van der Waals surface area contributed by atoms with E-state index in [9.17, 15) is 5.11 Å². The molecule has 0 aromatic rings. The lowest BCUT2D eigenvalue weighted by molar-refractivity contribution is 0.0170. The van der Waals surface area contributed by atoms with Crippen molar-refractivity contribution in [1.82, 2.24) is 0 Å². The summed E-state index contributed by atoms with van der Waals surface area (Å²) in [6.45, 7) is 13.9. The molecule has 0 aromatic heterocycles. The van der Waals surface area contributed by atoms with Crippen LogP contribution >= 0.6 is 0 Å². The van der Waals surface area contributed by atoms with Crippen LogP contribution in [0.3, 0.4) is 0 Å². The van der Waals surface area contributed by atoms with Gasteiger partial charge in [0.1, 0.15) is 0 Å². The number of aliphatic hydroxyl groups is 1. The maximum absolute atomic E-state index is 9.99. The minimum Gasteiger partial charge on any atom is -0.390 e. The first-order valence-corrected chi connectivity index (χ1v) is 9.37. The van der Waals surface area contributed by atoms with Gasteiger partial charge in [0.2, 0.25) is 0 Å². The first-order valence-electron chi connectivity index (χ1n) is 9.37. The summed E-state index contributed by atoms with van der Waals surface area (Å²) < 4.78 is 0. The molecule has 0 aromatic carbocycles. The van der Waals surface area contributed by atoms with E-state index in [2.05, 4.69) is 27.7 Å². The van der Waals surface area contributed by atoms with E-state index in [0.29, 0.717) is 5.41 Å². The molecule has 0 spiro atoms. The Kier molecular flexibility index (Phi) is 5.13. The molecule has 0 saturated heterocycles. The van der Waals surface area contributed by atoms with Gasteiger partial charge >= 0.3 is 0 Å². The molecule has 0 heterocycles. The molecule has 21 heavy (non-hydrogen) atoms. The Morgan fingerprint density at radius 1 is 1.19 bits per heavy atom. The zero-order chi connectivity index (χ0) is 15.8. The van der Waals surface area contributed by atoms with Crippen molar-refractivity contribution in [1.29, 1.82) is 0 Å². The van der Waals surface area contributed by atoms with Crippen LogP contribution < -0.4 is 0 Å². The molecule has 2 aliphatic rings. The number of rotatable bonds is 5. The number of fused-ring (bicyclic) bond motifs is 1. The van der Waals surface area contributed by atoms with Crippen molar-refractivity contribution in [2.75, 3.05) is 0 Å². The van der Waals surface area contributed by atoms with Crippen LogP contribution in [0, 0.1) is 35.0 Å². The summed E-state index contributed by atoms with van der Waals surface area (Å²) >= 11 is 0. The molecular formula is C20H38O. The fraction of sp³-hybridized carbons (Fsp3) is 1.00. The lowest BCUT2D eigenvalue weighted by Gasteiger charge is -2.47. The van der Waals surface area contributed by atoms with Crippen LogP contribution in [0.5, 0.6) is 0 Å². The van der Waals surface area contributed by atoms with Crippen molar-refractivity contribution >= 4 is 0 Å². The molecule has 124 valence electrons. The smallest absolute Gasteiger partial charge is 0.0591 e. The van der Waals surface area contributed by atoms with Crippen LogP contribution in [-0.4, -0.2) is 10.7 Å². The largest absolute Gasteiger partial charge is 0.390 e. The van der Waals surface area contributed by atoms with Crippen molar-refractivity contribution < 1.29 is 5.11 Å². The second-order valence-corrected chi connectivity index (χ2v) is 9.35. The topological polar surface area (TPSA) is 20.2 Å². The molecule has 1 heteroatoms. The molecular weight excluding hydrogens is 256 g/mol. The third-order valence-electron chi connectivity index (χ3n) is 7.29. The highest BCUT2D eigenvalue weighted by Crippen LogP contribution is 2.60. The highest BCUT2D eigenvalue weighted by atomic mass is 16.3. The van der Waals surface area contributed by atoms with E-state index in [4.69, 9.17) is 0 Å². The predicted octanol–water partition coefficient (Wildman–Crippen LogP) is 5.66. The quantitative estimate of drug-likeness (QED) is 0.693. The van der Waals surface area contributed by atoms with Crippen LogP contribution in [0.25, 0.3) is 0 Å². The van der Waals surface area contributed by atoms with E-state index in [1.165, 1.54) is 32.1 Å². The summed E-state index contributed by atoms with van der Waals surface area (Å²) in [5.74, 6) is 4.34. The SMILES string of the molecule is C[C@H](CCC(C)(C)O)[C@@H](C)C1CCC2[C@@H](C)CCC[C@@]21C. The summed E-state index contributed by atoms with van der Waals surface area (Å²) in [5, 5.41) is 9.99. The fourth-order valence-electron chi connectivity index (χ4n) is 5.71. The third kappa shape index (κ3) is 3.66. The van der Waals surface area contributed by atoms with Crippen molar-refractivity contribution in [3.05, 3.63) is 0 Å². The maximum atomic E-state index is 9.99. The Morgan fingerprint density at radius 3 is 2.48 bits per heavy atom. The zero-order valence-corrected chi connectivity index (χ0v) is 15.3. The highest BCUT2D eigenvalue weighted by Gasteiger charge is 2.51. The van der Waals surface area contributed by atoms with Crippen LogP contribution in [0.4, 0.5) is 0 Å². The standard InChI is InChI=1S/C20H38O/c1-14(11-13-19(4,5)21)16(3)18-10-9-17-15(2)8-7-12-20(17,18)6/h14-18,21H,7-13H2,1-6H3/t14-,15+,16-,17?,18?,20+/m1/s1. The zero-order valence-electron chi connectivity index (χ0n) is 15.3. The van der Waals surface area contributed by atoms with Gasteiger partial charge in [-0.05, 0) is 81.0 Å². The first kappa shape index (κ1) is 17.3. The van der Waals surface area contributed by atoms with Crippen LogP contribution in [0.15, 0.2) is 0 Å². The monoisotopic (exact) mass is 294 g/mol. The van der Waals surface area contributed by atoms with Gasteiger partial charge in [0.05, 0.1) is 5.60 Å². The predicted molar refractivity (Wildman–Crippen MR) is 91.2 cm³/mol. The van der Waals surface area contributed by atoms with Crippen molar-refractivity contribution in [3.63, 3.8) is 0 Å². The molecule has 1 N–H and O–H groups in total. The van der Waals surface area contributed by atoms with E-state index in [-0.39, 0.29) is 0 Å². The first-order chi connectivity index (χ1) is 9.65. The summed E-state index contributed by atoms with van der Waals surface area (Å²) in [6, 6.07) is 0. The molecule has 0 bridgehead atoms. The Morgan fingerprint density at radius 2 is 1.86 bits per heavy atom. The molecule has 2 fully saturated rings. The Balaban J connectivity index is 2.00. The Bertz CT molecular complexity index is 342. The van der Waals surface area contributed by atoms with Gasteiger partial charge in [-0.3, -0.25) is 0 Å². The molecule has 2 saturated carbocycles. The van der Waals surface area contributed by atoms with Gasteiger partial charge in [0.25, 0.3) is 0 Å². The molecule has 2 unspecified atom stereocenters. The Labute approximate surface area is 132 Å². The molecule has 1 nitrogen and oxygen atoms in total. The maximum Gasteiger partial charge on any atom is 0.0591 e. The summed E-state index contributed by atoms with van der Waals surface area (Å²) in [4.78, 5) is 0. The van der Waals surface area contributed by atoms with Crippen molar-refractivity contribution in [2.45, 2.75) is 92.1 Å². The lowest BCUT2D eigenvalue weighted by Crippen LogP contribution is -2.39. The van der Waals surface area contributed by atoms with Gasteiger partial charge in [-0.15, -0.1) is 0 Å². The molecule has 0 radical (unpaired) electrons. The molecule has 0 aliphatic heterocycles. The van der Waals surface area contributed by atoms with Gasteiger partial charge in [-0.25, -0.2) is 0 Å². The Hall–Kier alpha value is -0.0400. The second kappa shape index (κ2) is 6.22. The summed E-state index contributed by atoms with van der Waals surface area (Å²) in [7, 11) is 0. The molecule has 0 amide bonds. The lowest BCUT2D eigenvalue weighted by atomic mass is 9.58. The van der Waals surface area contributed by atoms with Crippen molar-refractivity contribution in [2.24, 2.45) is 35.0 Å². The van der Waals surface area contributed by atoms with Gasteiger partial charge in [-0.2, -0.15) is 0 Å². The minimum absolute atomic E-state index is 0.505. The van der Waals surface area contributed by atoms with Gasteiger partial charge in [0.15, 0.2) is 0 Å². The van der Waals surface area contributed by atoms with Gasteiger partial charge in [-0.1, -0.05) is 40.5 Å². The second-order valence-electron chi connectivity index (χ2n) is 9.35. The van der Waals surface area contributed by atoms with E-state index < -0.39 is 5.60 Å². The molecule has 6 atom stereocenters. The minimum atomic E-state index is -0.505. The summed E-state index contributed by atoms with van der Waals surface area (Å²) in [6.07, 6.45) is 9.35. The number of hydrogen-bond donors (Lipinski definition) is 1. The van der Waals surface area contributed by atoms with E-state index >= 15 is 0 Å². The van der Waals surface area contributed by atoms with Gasteiger partial charge < -0.3 is 5.11 Å². The van der Waals surface area contributed by atoms with Crippen LogP contribution in [0.1, 0.15) is 86.5 Å². The van der Waals surface area contributed by atoms with E-state index in [0.717, 1.165) is 42.4 Å². The van der Waals surface area contributed by atoms with E-state index in [1.807, 2.05) is 13.8 Å². The van der Waals surface area contributed by atoms with Gasteiger partial charge in [0, 0.05) is 0 Å². The van der Waals surface area contributed by atoms with Crippen LogP contribution in [0.2, 0.25) is 0 Å². The average Bonchev–Trinajstić information content (AvgIpc) is 2.73. The normalized spacial score (nSPS) is 39.9. The molecule has 2 aliphatic carbocycles. The molecule has 2 rings (SSSR count). The highest BCUT2D eigenvalue weighted by molar-refractivity contribution is 5.01. The number of hydrogen-bond acceptors (Lipinski definition) is 1. The fourth-order valence-corrected chi connectivity index (χ4v) is 5.71. The van der Waals surface area contributed by atoms with E-state index in [1.54, 1.807) is 0 Å².